The van der Waals surface area contributed by atoms with Crippen molar-refractivity contribution in [1.29, 1.82) is 0 Å². The van der Waals surface area contributed by atoms with E-state index < -0.39 is 0 Å². The van der Waals surface area contributed by atoms with E-state index in [1.807, 2.05) is 0 Å². The third-order valence-electron chi connectivity index (χ3n) is 4.78. The first kappa shape index (κ1) is 16.5. The van der Waals surface area contributed by atoms with Gasteiger partial charge in [-0.05, 0) is 50.8 Å². The van der Waals surface area contributed by atoms with Crippen LogP contribution in [0.4, 0.5) is 0 Å². The Morgan fingerprint density at radius 2 is 1.90 bits per heavy atom. The van der Waals surface area contributed by atoms with E-state index in [9.17, 15) is 0 Å². The fraction of sp³-hybridized carbons (Fsp3) is 0.684. The fourth-order valence-electron chi connectivity index (χ4n) is 3.14. The molecule has 0 radical (unpaired) electrons. The maximum atomic E-state index is 3.79. The van der Waals surface area contributed by atoms with E-state index in [0.29, 0.717) is 11.5 Å². The molecule has 0 aromatic heterocycles. The topological polar surface area (TPSA) is 15.3 Å². The molecule has 0 aliphatic carbocycles. The molecule has 118 valence electrons. The molecule has 1 saturated heterocycles. The molecule has 0 amide bonds. The molecule has 0 bridgehead atoms. The number of benzene rings is 1. The van der Waals surface area contributed by atoms with Gasteiger partial charge < -0.3 is 5.32 Å². The van der Waals surface area contributed by atoms with Crippen molar-refractivity contribution in [2.75, 3.05) is 19.6 Å². The molecular formula is C19H32N2. The molecule has 2 nitrogen and oxygen atoms in total. The molecule has 1 aromatic carbocycles. The van der Waals surface area contributed by atoms with Crippen molar-refractivity contribution in [1.82, 2.24) is 10.2 Å². The summed E-state index contributed by atoms with van der Waals surface area (Å²) in [6.45, 7) is 15.1. The largest absolute Gasteiger partial charge is 0.306 e. The van der Waals surface area contributed by atoms with Crippen molar-refractivity contribution in [3.8, 4) is 0 Å². The Morgan fingerprint density at radius 1 is 1.24 bits per heavy atom. The van der Waals surface area contributed by atoms with Crippen LogP contribution < -0.4 is 5.32 Å². The van der Waals surface area contributed by atoms with Crippen LogP contribution in [0, 0.1) is 5.41 Å². The van der Waals surface area contributed by atoms with Gasteiger partial charge in [-0.15, -0.1) is 0 Å². The van der Waals surface area contributed by atoms with Gasteiger partial charge in [-0.3, -0.25) is 4.90 Å². The number of nitrogens with zero attached hydrogens (tertiary/aromatic N) is 1. The van der Waals surface area contributed by atoms with E-state index in [1.54, 1.807) is 0 Å². The van der Waals surface area contributed by atoms with Crippen molar-refractivity contribution in [2.45, 2.75) is 59.0 Å². The monoisotopic (exact) mass is 288 g/mol. The van der Waals surface area contributed by atoms with Crippen LogP contribution in [0.5, 0.6) is 0 Å². The minimum atomic E-state index is 0.0594. The van der Waals surface area contributed by atoms with Crippen LogP contribution >= 0.6 is 0 Å². The first-order valence-electron chi connectivity index (χ1n) is 8.35. The van der Waals surface area contributed by atoms with Crippen LogP contribution in [-0.4, -0.2) is 30.6 Å². The number of hydrogen-bond acceptors (Lipinski definition) is 2. The number of rotatable bonds is 3. The summed E-state index contributed by atoms with van der Waals surface area (Å²) < 4.78 is 0. The van der Waals surface area contributed by atoms with E-state index in [0.717, 1.165) is 13.1 Å². The Kier molecular flexibility index (Phi) is 5.11. The molecule has 1 aromatic rings. The SMILES string of the molecule is CC1CCNC(C)(c2ccccc2)CN1CCC(C)(C)C. The molecule has 2 unspecified atom stereocenters. The molecule has 1 fully saturated rings. The molecular weight excluding hydrogens is 256 g/mol. The summed E-state index contributed by atoms with van der Waals surface area (Å²) in [6.07, 6.45) is 2.48. The number of hydrogen-bond donors (Lipinski definition) is 1. The lowest BCUT2D eigenvalue weighted by molar-refractivity contribution is 0.152. The van der Waals surface area contributed by atoms with Gasteiger partial charge in [0.2, 0.25) is 0 Å². The highest BCUT2D eigenvalue weighted by molar-refractivity contribution is 5.24. The zero-order chi connectivity index (χ0) is 15.5. The van der Waals surface area contributed by atoms with Crippen molar-refractivity contribution in [3.05, 3.63) is 35.9 Å². The van der Waals surface area contributed by atoms with Crippen LogP contribution in [0.1, 0.15) is 53.0 Å². The van der Waals surface area contributed by atoms with Crippen LogP contribution in [0.2, 0.25) is 0 Å². The molecule has 21 heavy (non-hydrogen) atoms. The zero-order valence-electron chi connectivity index (χ0n) is 14.4. The highest BCUT2D eigenvalue weighted by atomic mass is 15.2. The lowest BCUT2D eigenvalue weighted by Gasteiger charge is -2.37. The van der Waals surface area contributed by atoms with Gasteiger partial charge in [-0.2, -0.15) is 0 Å². The average molecular weight is 288 g/mol. The quantitative estimate of drug-likeness (QED) is 0.903. The Bertz CT molecular complexity index is 435. The number of nitrogens with one attached hydrogen (secondary N) is 1. The first-order chi connectivity index (χ1) is 9.80. The summed E-state index contributed by atoms with van der Waals surface area (Å²) in [5, 5.41) is 3.79. The molecule has 0 saturated carbocycles. The predicted molar refractivity (Wildman–Crippen MR) is 91.5 cm³/mol. The van der Waals surface area contributed by atoms with Crippen molar-refractivity contribution < 1.29 is 0 Å². The lowest BCUT2D eigenvalue weighted by atomic mass is 9.89. The first-order valence-corrected chi connectivity index (χ1v) is 8.35. The highest BCUT2D eigenvalue weighted by Crippen LogP contribution is 2.27. The highest BCUT2D eigenvalue weighted by Gasteiger charge is 2.33. The van der Waals surface area contributed by atoms with Gasteiger partial charge in [0.05, 0.1) is 5.54 Å². The molecule has 2 heteroatoms. The Hall–Kier alpha value is -0.860. The smallest absolute Gasteiger partial charge is 0.0535 e. The summed E-state index contributed by atoms with van der Waals surface area (Å²) in [6, 6.07) is 11.6. The van der Waals surface area contributed by atoms with Gasteiger partial charge in [-0.1, -0.05) is 51.1 Å². The minimum absolute atomic E-state index is 0.0594. The predicted octanol–water partition coefficient (Wildman–Crippen LogP) is 4.02. The second-order valence-electron chi connectivity index (χ2n) is 8.04. The minimum Gasteiger partial charge on any atom is -0.306 e. The van der Waals surface area contributed by atoms with Crippen molar-refractivity contribution >= 4 is 0 Å². The van der Waals surface area contributed by atoms with Crippen LogP contribution in [0.15, 0.2) is 30.3 Å². The van der Waals surface area contributed by atoms with Crippen LogP contribution in [-0.2, 0) is 5.54 Å². The normalized spacial score (nSPS) is 28.3. The molecule has 1 aliphatic rings. The molecule has 0 spiro atoms. The Balaban J connectivity index is 2.14. The maximum Gasteiger partial charge on any atom is 0.0535 e. The summed E-state index contributed by atoms with van der Waals surface area (Å²) in [4.78, 5) is 2.68. The van der Waals surface area contributed by atoms with Gasteiger partial charge in [0, 0.05) is 12.6 Å². The van der Waals surface area contributed by atoms with Crippen LogP contribution in [0.25, 0.3) is 0 Å². The Morgan fingerprint density at radius 3 is 2.52 bits per heavy atom. The maximum absolute atomic E-state index is 3.79. The van der Waals surface area contributed by atoms with Gasteiger partial charge in [-0.25, -0.2) is 0 Å². The van der Waals surface area contributed by atoms with Crippen molar-refractivity contribution in [2.24, 2.45) is 5.41 Å². The lowest BCUT2D eigenvalue weighted by Crippen LogP contribution is -2.48. The van der Waals surface area contributed by atoms with Crippen LogP contribution in [0.3, 0.4) is 0 Å². The van der Waals surface area contributed by atoms with Gasteiger partial charge in [0.15, 0.2) is 0 Å². The summed E-state index contributed by atoms with van der Waals surface area (Å²) in [7, 11) is 0. The van der Waals surface area contributed by atoms with Gasteiger partial charge in [0.25, 0.3) is 0 Å². The molecule has 2 atom stereocenters. The van der Waals surface area contributed by atoms with Gasteiger partial charge in [0.1, 0.15) is 0 Å². The summed E-state index contributed by atoms with van der Waals surface area (Å²) in [5.74, 6) is 0. The zero-order valence-corrected chi connectivity index (χ0v) is 14.4. The summed E-state index contributed by atoms with van der Waals surface area (Å²) in [5.41, 5.74) is 1.87. The van der Waals surface area contributed by atoms with E-state index in [4.69, 9.17) is 0 Å². The molecule has 1 aliphatic heterocycles. The van der Waals surface area contributed by atoms with E-state index in [2.05, 4.69) is 75.2 Å². The fourth-order valence-corrected chi connectivity index (χ4v) is 3.14. The van der Waals surface area contributed by atoms with Gasteiger partial charge >= 0.3 is 0 Å². The van der Waals surface area contributed by atoms with E-state index in [1.165, 1.54) is 24.9 Å². The summed E-state index contributed by atoms with van der Waals surface area (Å²) >= 11 is 0. The second-order valence-corrected chi connectivity index (χ2v) is 8.04. The van der Waals surface area contributed by atoms with Crippen molar-refractivity contribution in [3.63, 3.8) is 0 Å². The molecule has 1 N–H and O–H groups in total. The standard InChI is InChI=1S/C19H32N2/c1-16-11-13-20-19(5,17-9-7-6-8-10-17)15-21(16)14-12-18(2,3)4/h6-10,16,20H,11-15H2,1-5H3. The Labute approximate surface area is 130 Å². The molecule has 1 heterocycles. The second kappa shape index (κ2) is 6.50. The van der Waals surface area contributed by atoms with E-state index >= 15 is 0 Å². The third-order valence-corrected chi connectivity index (χ3v) is 4.78. The third kappa shape index (κ3) is 4.55. The van der Waals surface area contributed by atoms with E-state index in [-0.39, 0.29) is 5.54 Å². The average Bonchev–Trinajstić information content (AvgIpc) is 2.57. The molecule has 2 rings (SSSR count).